The lowest BCUT2D eigenvalue weighted by Crippen LogP contribution is -2.53. The van der Waals surface area contributed by atoms with Crippen LogP contribution in [0.15, 0.2) is 53.8 Å². The van der Waals surface area contributed by atoms with Crippen molar-refractivity contribution in [1.82, 2.24) is 9.97 Å². The number of carbonyl (C=O) groups is 2. The summed E-state index contributed by atoms with van der Waals surface area (Å²) in [7, 11) is 3.63. The van der Waals surface area contributed by atoms with Crippen molar-refractivity contribution in [2.45, 2.75) is 25.9 Å². The van der Waals surface area contributed by atoms with E-state index in [1.807, 2.05) is 27.1 Å². The number of H-pyrrole nitrogens is 1. The first-order chi connectivity index (χ1) is 15.2. The van der Waals surface area contributed by atoms with E-state index in [9.17, 15) is 14.4 Å². The molecule has 3 aromatic heterocycles. The summed E-state index contributed by atoms with van der Waals surface area (Å²) in [6.45, 7) is 3.77. The van der Waals surface area contributed by atoms with E-state index in [0.29, 0.717) is 11.1 Å². The largest absolute Gasteiger partial charge is 0.364 e. The van der Waals surface area contributed by atoms with Gasteiger partial charge in [-0.15, -0.1) is 0 Å². The van der Waals surface area contributed by atoms with Gasteiger partial charge in [0.2, 0.25) is 5.95 Å². The maximum absolute atomic E-state index is 13.3. The molecule has 10 heteroatoms. The molecular formula is C22H25N7O3+2. The number of anilines is 3. The summed E-state index contributed by atoms with van der Waals surface area (Å²) >= 11 is 0. The lowest BCUT2D eigenvalue weighted by molar-refractivity contribution is -0.671. The molecule has 4 rings (SSSR count). The van der Waals surface area contributed by atoms with E-state index in [0.717, 1.165) is 0 Å². The summed E-state index contributed by atoms with van der Waals surface area (Å²) in [5.41, 5.74) is 0.467. The predicted octanol–water partition coefficient (Wildman–Crippen LogP) is 0.521. The van der Waals surface area contributed by atoms with Crippen LogP contribution in [0.2, 0.25) is 0 Å². The lowest BCUT2D eigenvalue weighted by atomic mass is 10.0. The number of hydrogen-bond donors (Lipinski definition) is 3. The van der Waals surface area contributed by atoms with E-state index in [1.165, 1.54) is 4.90 Å². The SMILES string of the molecule is C[C@@H]1[C@@H](C)Nc2nc(NC(=O)c3ccc[n+](C)c3)[nH]c(=O)c2N1C(=O)c1ccc[n+](C)c1. The van der Waals surface area contributed by atoms with Crippen LogP contribution in [0.1, 0.15) is 34.6 Å². The number of rotatable bonds is 3. The Morgan fingerprint density at radius 3 is 2.34 bits per heavy atom. The number of aromatic amines is 1. The van der Waals surface area contributed by atoms with Gasteiger partial charge in [-0.2, -0.15) is 4.98 Å². The van der Waals surface area contributed by atoms with Gasteiger partial charge in [-0.25, -0.2) is 9.13 Å². The van der Waals surface area contributed by atoms with Gasteiger partial charge in [0.1, 0.15) is 25.2 Å². The number of carbonyl (C=O) groups excluding carboxylic acids is 2. The van der Waals surface area contributed by atoms with Gasteiger partial charge in [-0.1, -0.05) is 0 Å². The molecule has 3 aromatic rings. The van der Waals surface area contributed by atoms with Crippen molar-refractivity contribution in [1.29, 1.82) is 0 Å². The van der Waals surface area contributed by atoms with E-state index in [1.54, 1.807) is 59.0 Å². The number of amides is 2. The van der Waals surface area contributed by atoms with Crippen molar-refractivity contribution in [3.63, 3.8) is 0 Å². The first-order valence-corrected chi connectivity index (χ1v) is 10.2. The van der Waals surface area contributed by atoms with Crippen LogP contribution < -0.4 is 30.2 Å². The second-order valence-corrected chi connectivity index (χ2v) is 7.93. The van der Waals surface area contributed by atoms with Gasteiger partial charge in [0.25, 0.3) is 17.4 Å². The van der Waals surface area contributed by atoms with Crippen molar-refractivity contribution in [3.8, 4) is 0 Å². The summed E-state index contributed by atoms with van der Waals surface area (Å²) in [5, 5.41) is 5.79. The Morgan fingerprint density at radius 1 is 1.06 bits per heavy atom. The van der Waals surface area contributed by atoms with E-state index in [2.05, 4.69) is 20.6 Å². The highest BCUT2D eigenvalue weighted by atomic mass is 16.2. The minimum absolute atomic E-state index is 0.00183. The quantitative estimate of drug-likeness (QED) is 0.519. The Bertz CT molecular complexity index is 1270. The summed E-state index contributed by atoms with van der Waals surface area (Å²) in [5.74, 6) is -0.477. The highest BCUT2D eigenvalue weighted by Crippen LogP contribution is 2.31. The third-order valence-corrected chi connectivity index (χ3v) is 5.47. The van der Waals surface area contributed by atoms with Crippen molar-refractivity contribution >= 4 is 29.3 Å². The second kappa shape index (κ2) is 8.22. The van der Waals surface area contributed by atoms with Crippen molar-refractivity contribution in [2.75, 3.05) is 15.5 Å². The predicted molar refractivity (Wildman–Crippen MR) is 117 cm³/mol. The fourth-order valence-electron chi connectivity index (χ4n) is 3.66. The van der Waals surface area contributed by atoms with Crippen molar-refractivity contribution < 1.29 is 18.7 Å². The molecule has 4 heterocycles. The van der Waals surface area contributed by atoms with Gasteiger partial charge in [0.05, 0.1) is 6.04 Å². The summed E-state index contributed by atoms with van der Waals surface area (Å²) in [4.78, 5) is 47.4. The number of aromatic nitrogens is 4. The average Bonchev–Trinajstić information content (AvgIpc) is 2.74. The first kappa shape index (κ1) is 21.2. The molecule has 0 spiro atoms. The van der Waals surface area contributed by atoms with Crippen LogP contribution in [-0.2, 0) is 14.1 Å². The lowest BCUT2D eigenvalue weighted by Gasteiger charge is -2.38. The normalized spacial score (nSPS) is 17.3. The molecule has 32 heavy (non-hydrogen) atoms. The maximum Gasteiger partial charge on any atom is 0.278 e. The van der Waals surface area contributed by atoms with Crippen LogP contribution >= 0.6 is 0 Å². The smallest absolute Gasteiger partial charge is 0.278 e. The standard InChI is InChI=1S/C22H23N7O3/c1-13-14(2)29(21(32)16-8-6-10-28(4)12-16)17-18(23-13)24-22(26-20(17)31)25-19(30)15-7-5-9-27(3)11-15/h5-14H,1-4H3,(H-2,23,24,25,26,30,31)/p+2/t13-,14-/m1/s1. The van der Waals surface area contributed by atoms with Crippen LogP contribution in [0.3, 0.4) is 0 Å². The van der Waals surface area contributed by atoms with E-state index in [4.69, 9.17) is 0 Å². The number of fused-ring (bicyclic) bond motifs is 1. The van der Waals surface area contributed by atoms with Crippen molar-refractivity contribution in [3.05, 3.63) is 70.5 Å². The van der Waals surface area contributed by atoms with Crippen LogP contribution in [0.25, 0.3) is 0 Å². The highest BCUT2D eigenvalue weighted by Gasteiger charge is 2.37. The third kappa shape index (κ3) is 3.94. The zero-order valence-corrected chi connectivity index (χ0v) is 18.3. The number of hydrogen-bond acceptors (Lipinski definition) is 5. The van der Waals surface area contributed by atoms with Gasteiger partial charge >= 0.3 is 0 Å². The average molecular weight is 435 g/mol. The van der Waals surface area contributed by atoms with Crippen LogP contribution in [0.4, 0.5) is 17.5 Å². The Hall–Kier alpha value is -4.08. The van der Waals surface area contributed by atoms with Gasteiger partial charge in [-0.05, 0) is 26.0 Å². The molecule has 0 fully saturated rings. The summed E-state index contributed by atoms with van der Waals surface area (Å²) in [6, 6.07) is 6.42. The molecule has 0 aromatic carbocycles. The van der Waals surface area contributed by atoms with Gasteiger partial charge in [0.15, 0.2) is 36.3 Å². The molecule has 2 atom stereocenters. The molecule has 164 valence electrons. The zero-order valence-electron chi connectivity index (χ0n) is 18.3. The minimum Gasteiger partial charge on any atom is -0.364 e. The monoisotopic (exact) mass is 435 g/mol. The Kier molecular flexibility index (Phi) is 5.43. The number of nitrogens with one attached hydrogen (secondary N) is 3. The van der Waals surface area contributed by atoms with Crippen molar-refractivity contribution in [2.24, 2.45) is 14.1 Å². The zero-order chi connectivity index (χ0) is 23.0. The summed E-state index contributed by atoms with van der Waals surface area (Å²) < 4.78 is 3.52. The highest BCUT2D eigenvalue weighted by molar-refractivity contribution is 6.08. The van der Waals surface area contributed by atoms with Gasteiger partial charge in [-0.3, -0.25) is 29.6 Å². The van der Waals surface area contributed by atoms with Gasteiger partial charge < -0.3 is 5.32 Å². The molecule has 2 amide bonds. The number of nitrogens with zero attached hydrogens (tertiary/aromatic N) is 4. The number of aryl methyl sites for hydroxylation is 2. The van der Waals surface area contributed by atoms with Crippen LogP contribution in [0.5, 0.6) is 0 Å². The molecule has 0 bridgehead atoms. The molecule has 0 radical (unpaired) electrons. The molecule has 1 aliphatic rings. The van der Waals surface area contributed by atoms with E-state index in [-0.39, 0.29) is 35.4 Å². The molecule has 0 saturated carbocycles. The Balaban J connectivity index is 1.71. The molecule has 0 saturated heterocycles. The molecule has 10 nitrogen and oxygen atoms in total. The fourth-order valence-corrected chi connectivity index (χ4v) is 3.66. The fraction of sp³-hybridized carbons (Fsp3) is 0.273. The molecular weight excluding hydrogens is 410 g/mol. The summed E-state index contributed by atoms with van der Waals surface area (Å²) in [6.07, 6.45) is 7.00. The molecule has 0 unspecified atom stereocenters. The maximum atomic E-state index is 13.3. The van der Waals surface area contributed by atoms with Crippen LogP contribution in [-0.4, -0.2) is 33.9 Å². The molecule has 1 aliphatic heterocycles. The topological polar surface area (TPSA) is 115 Å². The molecule has 0 aliphatic carbocycles. The van der Waals surface area contributed by atoms with E-state index < -0.39 is 11.5 Å². The first-order valence-electron chi connectivity index (χ1n) is 10.2. The number of pyridine rings is 2. The Labute approximate surface area is 184 Å². The molecule has 3 N–H and O–H groups in total. The van der Waals surface area contributed by atoms with E-state index >= 15 is 0 Å². The van der Waals surface area contributed by atoms with Crippen LogP contribution in [0, 0.1) is 0 Å². The van der Waals surface area contributed by atoms with Gasteiger partial charge in [0, 0.05) is 18.2 Å². The minimum atomic E-state index is -0.524. The third-order valence-electron chi connectivity index (χ3n) is 5.47. The second-order valence-electron chi connectivity index (χ2n) is 7.93. The Morgan fingerprint density at radius 2 is 1.69 bits per heavy atom.